The Balaban J connectivity index is 1.84. The number of fused-ring (bicyclic) bond motifs is 2. The second-order valence-electron chi connectivity index (χ2n) is 5.50. The molecule has 130 valence electrons. The largest absolute Gasteiger partial charge is 0.454 e. The van der Waals surface area contributed by atoms with Crippen LogP contribution >= 0.6 is 23.1 Å². The molecule has 0 atom stereocenters. The molecule has 0 aliphatic carbocycles. The van der Waals surface area contributed by atoms with Crippen molar-refractivity contribution in [3.05, 3.63) is 46.8 Å². The Morgan fingerprint density at radius 2 is 2.15 bits per heavy atom. The second-order valence-corrected chi connectivity index (χ2v) is 7.39. The molecule has 0 spiro atoms. The van der Waals surface area contributed by atoms with Crippen LogP contribution in [0.5, 0.6) is 11.5 Å². The summed E-state index contributed by atoms with van der Waals surface area (Å²) in [6, 6.07) is 11.2. The van der Waals surface area contributed by atoms with Gasteiger partial charge in [-0.3, -0.25) is 4.79 Å². The number of thioether (sulfide) groups is 1. The van der Waals surface area contributed by atoms with Gasteiger partial charge in [-0.2, -0.15) is 4.99 Å². The van der Waals surface area contributed by atoms with Crippen molar-refractivity contribution < 1.29 is 14.3 Å². The summed E-state index contributed by atoms with van der Waals surface area (Å²) in [4.78, 5) is 18.5. The number of carbonyl (C=O) groups is 1. The van der Waals surface area contributed by atoms with E-state index in [1.807, 2.05) is 41.2 Å². The summed E-state index contributed by atoms with van der Waals surface area (Å²) < 4.78 is 13.7. The lowest BCUT2D eigenvalue weighted by Gasteiger charge is -2.02. The predicted octanol–water partition coefficient (Wildman–Crippen LogP) is 3.53. The van der Waals surface area contributed by atoms with Gasteiger partial charge in [0.15, 0.2) is 16.3 Å². The van der Waals surface area contributed by atoms with Crippen molar-refractivity contribution in [2.45, 2.75) is 11.4 Å². The molecule has 1 amide bonds. The zero-order valence-electron chi connectivity index (χ0n) is 13.9. The van der Waals surface area contributed by atoms with E-state index >= 15 is 0 Å². The lowest BCUT2D eigenvalue weighted by atomic mass is 10.2. The van der Waals surface area contributed by atoms with Crippen molar-refractivity contribution in [3.8, 4) is 23.8 Å². The molecule has 0 fully saturated rings. The highest BCUT2D eigenvalue weighted by molar-refractivity contribution is 7.98. The molecule has 5 nitrogen and oxygen atoms in total. The Kier molecular flexibility index (Phi) is 4.45. The quantitative estimate of drug-likeness (QED) is 0.514. The molecule has 2 heterocycles. The highest BCUT2D eigenvalue weighted by Gasteiger charge is 2.18. The fourth-order valence-corrected chi connectivity index (χ4v) is 4.19. The summed E-state index contributed by atoms with van der Waals surface area (Å²) >= 11 is 2.99. The number of hydrogen-bond donors (Lipinski definition) is 0. The van der Waals surface area contributed by atoms with Crippen molar-refractivity contribution in [1.29, 1.82) is 0 Å². The number of aromatic nitrogens is 1. The smallest absolute Gasteiger partial charge is 0.279 e. The number of thiazole rings is 1. The molecule has 1 aromatic heterocycles. The lowest BCUT2D eigenvalue weighted by Crippen LogP contribution is -2.16. The third-order valence-corrected chi connectivity index (χ3v) is 5.71. The number of ether oxygens (including phenoxy) is 2. The van der Waals surface area contributed by atoms with Crippen LogP contribution in [0.15, 0.2) is 46.3 Å². The molecule has 0 radical (unpaired) electrons. The van der Waals surface area contributed by atoms with Crippen molar-refractivity contribution in [2.75, 3.05) is 13.0 Å². The SMILES string of the molecule is C#CCn1c(=NC(=O)c2cccc(SC)c2)sc2cc3c(cc21)OCO3. The predicted molar refractivity (Wildman–Crippen MR) is 103 cm³/mol. The summed E-state index contributed by atoms with van der Waals surface area (Å²) in [5.41, 5.74) is 1.43. The van der Waals surface area contributed by atoms with E-state index in [2.05, 4.69) is 10.9 Å². The van der Waals surface area contributed by atoms with E-state index in [-0.39, 0.29) is 12.7 Å². The third kappa shape index (κ3) is 2.98. The molecule has 2 aromatic carbocycles. The van der Waals surface area contributed by atoms with Crippen molar-refractivity contribution >= 4 is 39.2 Å². The van der Waals surface area contributed by atoms with Crippen LogP contribution in [0.25, 0.3) is 10.2 Å². The Morgan fingerprint density at radius 3 is 2.92 bits per heavy atom. The molecule has 4 rings (SSSR count). The van der Waals surface area contributed by atoms with Crippen LogP contribution in [0.2, 0.25) is 0 Å². The average molecular weight is 382 g/mol. The van der Waals surface area contributed by atoms with Gasteiger partial charge in [0.1, 0.15) is 0 Å². The normalized spacial score (nSPS) is 13.2. The lowest BCUT2D eigenvalue weighted by molar-refractivity contribution is 0.0997. The Labute approximate surface area is 158 Å². The first kappa shape index (κ1) is 16.8. The van der Waals surface area contributed by atoms with Crippen LogP contribution in [0.4, 0.5) is 0 Å². The summed E-state index contributed by atoms with van der Waals surface area (Å²) in [7, 11) is 0. The molecule has 0 N–H and O–H groups in total. The maximum absolute atomic E-state index is 12.6. The third-order valence-electron chi connectivity index (χ3n) is 3.94. The highest BCUT2D eigenvalue weighted by Crippen LogP contribution is 2.36. The minimum absolute atomic E-state index is 0.212. The summed E-state index contributed by atoms with van der Waals surface area (Å²) in [6.07, 6.45) is 7.49. The summed E-state index contributed by atoms with van der Waals surface area (Å²) in [5, 5.41) is 0. The van der Waals surface area contributed by atoms with E-state index < -0.39 is 0 Å². The van der Waals surface area contributed by atoms with E-state index in [4.69, 9.17) is 15.9 Å². The maximum atomic E-state index is 12.6. The summed E-state index contributed by atoms with van der Waals surface area (Å²) in [6.45, 7) is 0.528. The number of nitrogens with zero attached hydrogens (tertiary/aromatic N) is 2. The maximum Gasteiger partial charge on any atom is 0.279 e. The minimum atomic E-state index is -0.293. The number of rotatable bonds is 3. The van der Waals surface area contributed by atoms with Crippen molar-refractivity contribution in [2.24, 2.45) is 4.99 Å². The first-order valence-electron chi connectivity index (χ1n) is 7.79. The Morgan fingerprint density at radius 1 is 1.35 bits per heavy atom. The van der Waals surface area contributed by atoms with E-state index in [1.54, 1.807) is 17.8 Å². The van der Waals surface area contributed by atoms with Crippen LogP contribution in [-0.2, 0) is 6.54 Å². The first-order chi connectivity index (χ1) is 12.7. The van der Waals surface area contributed by atoms with Crippen molar-refractivity contribution in [1.82, 2.24) is 4.57 Å². The van der Waals surface area contributed by atoms with Gasteiger partial charge in [0.2, 0.25) is 6.79 Å². The molecular weight excluding hydrogens is 368 g/mol. The van der Waals surface area contributed by atoms with E-state index in [0.29, 0.717) is 28.4 Å². The Hall–Kier alpha value is -2.69. The highest BCUT2D eigenvalue weighted by atomic mass is 32.2. The van der Waals surface area contributed by atoms with Gasteiger partial charge in [-0.1, -0.05) is 23.3 Å². The first-order valence-corrected chi connectivity index (χ1v) is 9.83. The summed E-state index contributed by atoms with van der Waals surface area (Å²) in [5.74, 6) is 3.70. The topological polar surface area (TPSA) is 52.8 Å². The van der Waals surface area contributed by atoms with Gasteiger partial charge in [0.25, 0.3) is 5.91 Å². The van der Waals surface area contributed by atoms with Crippen LogP contribution in [-0.4, -0.2) is 23.5 Å². The molecule has 26 heavy (non-hydrogen) atoms. The van der Waals surface area contributed by atoms with E-state index in [9.17, 15) is 4.79 Å². The number of hydrogen-bond acceptors (Lipinski definition) is 5. The molecule has 7 heteroatoms. The van der Waals surface area contributed by atoms with Gasteiger partial charge in [-0.25, -0.2) is 0 Å². The van der Waals surface area contributed by atoms with Crippen molar-refractivity contribution in [3.63, 3.8) is 0 Å². The zero-order chi connectivity index (χ0) is 18.1. The van der Waals surface area contributed by atoms with Gasteiger partial charge in [-0.15, -0.1) is 18.2 Å². The van der Waals surface area contributed by atoms with Gasteiger partial charge in [0, 0.05) is 22.6 Å². The van der Waals surface area contributed by atoms with E-state index in [0.717, 1.165) is 15.1 Å². The standard InChI is InChI=1S/C19H14N2O3S2/c1-3-7-21-14-9-15-16(24-11-23-15)10-17(14)26-19(21)20-18(22)12-5-4-6-13(8-12)25-2/h1,4-6,8-10H,7,11H2,2H3. The molecular formula is C19H14N2O3S2. The minimum Gasteiger partial charge on any atom is -0.454 e. The number of carbonyl (C=O) groups excluding carboxylic acids is 1. The zero-order valence-corrected chi connectivity index (χ0v) is 15.5. The Bertz CT molecular complexity index is 1120. The fourth-order valence-electron chi connectivity index (χ4n) is 2.70. The average Bonchev–Trinajstić information content (AvgIpc) is 3.24. The molecule has 0 bridgehead atoms. The second kappa shape index (κ2) is 6.90. The van der Waals surface area contributed by atoms with Crippen LogP contribution in [0.3, 0.4) is 0 Å². The van der Waals surface area contributed by atoms with Gasteiger partial charge < -0.3 is 14.0 Å². The monoisotopic (exact) mass is 382 g/mol. The molecule has 1 aliphatic heterocycles. The molecule has 3 aromatic rings. The van der Waals surface area contributed by atoms with Crippen LogP contribution < -0.4 is 14.3 Å². The van der Waals surface area contributed by atoms with Gasteiger partial charge in [-0.05, 0) is 24.5 Å². The van der Waals surface area contributed by atoms with Gasteiger partial charge in [0.05, 0.1) is 16.8 Å². The molecule has 1 aliphatic rings. The number of benzene rings is 2. The molecule has 0 saturated heterocycles. The van der Waals surface area contributed by atoms with Crippen LogP contribution in [0, 0.1) is 12.3 Å². The fraction of sp³-hybridized carbons (Fsp3) is 0.158. The molecule has 0 unspecified atom stereocenters. The molecule has 0 saturated carbocycles. The van der Waals surface area contributed by atoms with E-state index in [1.165, 1.54) is 11.3 Å². The number of amides is 1. The van der Waals surface area contributed by atoms with Gasteiger partial charge >= 0.3 is 0 Å². The number of terminal acetylenes is 1. The van der Waals surface area contributed by atoms with Crippen LogP contribution in [0.1, 0.15) is 10.4 Å².